The fourth-order valence-electron chi connectivity index (χ4n) is 1.38. The fraction of sp³-hybridized carbons (Fsp3) is 0.917. The molecule has 4 nitrogen and oxygen atoms in total. The Labute approximate surface area is 99.3 Å². The lowest BCUT2D eigenvalue weighted by Gasteiger charge is -2.23. The van der Waals surface area contributed by atoms with E-state index in [2.05, 4.69) is 31.2 Å². The standard InChI is InChI=1S/C12H27N3O/c1-11(2,3)9-14-8-6-7-12(4,5)10(13)15-16/h14,16H,6-9H2,1-5H3,(H2,13,15). The van der Waals surface area contributed by atoms with Crippen LogP contribution in [-0.4, -0.2) is 24.1 Å². The summed E-state index contributed by atoms with van der Waals surface area (Å²) in [7, 11) is 0. The molecule has 0 heterocycles. The number of nitrogens with two attached hydrogens (primary N) is 1. The summed E-state index contributed by atoms with van der Waals surface area (Å²) >= 11 is 0. The predicted molar refractivity (Wildman–Crippen MR) is 68.7 cm³/mol. The number of hydrogen-bond donors (Lipinski definition) is 3. The molecule has 0 aliphatic rings. The third-order valence-electron chi connectivity index (χ3n) is 2.61. The van der Waals surface area contributed by atoms with Gasteiger partial charge in [-0.05, 0) is 31.3 Å². The second kappa shape index (κ2) is 6.09. The van der Waals surface area contributed by atoms with E-state index in [0.717, 1.165) is 25.9 Å². The van der Waals surface area contributed by atoms with Gasteiger partial charge in [-0.25, -0.2) is 0 Å². The van der Waals surface area contributed by atoms with Crippen LogP contribution >= 0.6 is 0 Å². The summed E-state index contributed by atoms with van der Waals surface area (Å²) in [5.74, 6) is 0.309. The topological polar surface area (TPSA) is 70.6 Å². The summed E-state index contributed by atoms with van der Waals surface area (Å²) in [5, 5.41) is 15.1. The number of rotatable bonds is 6. The highest BCUT2D eigenvalue weighted by molar-refractivity contribution is 5.85. The van der Waals surface area contributed by atoms with Crippen molar-refractivity contribution >= 4 is 5.84 Å². The predicted octanol–water partition coefficient (Wildman–Crippen LogP) is 2.17. The van der Waals surface area contributed by atoms with Gasteiger partial charge in [0.2, 0.25) is 0 Å². The molecule has 16 heavy (non-hydrogen) atoms. The third-order valence-corrected chi connectivity index (χ3v) is 2.61. The minimum absolute atomic E-state index is 0.224. The maximum absolute atomic E-state index is 8.63. The van der Waals surface area contributed by atoms with Crippen molar-refractivity contribution in [3.8, 4) is 0 Å². The fourth-order valence-corrected chi connectivity index (χ4v) is 1.38. The average Bonchev–Trinajstić information content (AvgIpc) is 2.14. The van der Waals surface area contributed by atoms with Crippen LogP contribution in [0.2, 0.25) is 0 Å². The van der Waals surface area contributed by atoms with Gasteiger partial charge in [0.1, 0.15) is 5.84 Å². The Kier molecular flexibility index (Phi) is 5.79. The molecule has 0 aromatic carbocycles. The second-order valence-corrected chi connectivity index (χ2v) is 6.21. The van der Waals surface area contributed by atoms with E-state index in [0.29, 0.717) is 11.3 Å². The van der Waals surface area contributed by atoms with Gasteiger partial charge in [0, 0.05) is 5.41 Å². The Hall–Kier alpha value is -0.770. The summed E-state index contributed by atoms with van der Waals surface area (Å²) in [5.41, 5.74) is 5.71. The molecule has 0 bridgehead atoms. The SMILES string of the molecule is CC(C)(C)CNCCCC(C)(C)C(N)=NO. The molecule has 0 aliphatic heterocycles. The van der Waals surface area contributed by atoms with Crippen molar-refractivity contribution < 1.29 is 5.21 Å². The zero-order valence-electron chi connectivity index (χ0n) is 11.3. The lowest BCUT2D eigenvalue weighted by Crippen LogP contribution is -2.33. The van der Waals surface area contributed by atoms with Crippen LogP contribution in [0.3, 0.4) is 0 Å². The van der Waals surface area contributed by atoms with E-state index < -0.39 is 0 Å². The highest BCUT2D eigenvalue weighted by atomic mass is 16.4. The van der Waals surface area contributed by atoms with Crippen molar-refractivity contribution in [2.24, 2.45) is 21.7 Å². The van der Waals surface area contributed by atoms with E-state index in [9.17, 15) is 0 Å². The highest BCUT2D eigenvalue weighted by Crippen LogP contribution is 2.22. The maximum atomic E-state index is 8.63. The van der Waals surface area contributed by atoms with Gasteiger partial charge in [0.25, 0.3) is 0 Å². The van der Waals surface area contributed by atoms with Crippen LogP contribution in [0, 0.1) is 10.8 Å². The first-order valence-corrected chi connectivity index (χ1v) is 5.88. The average molecular weight is 229 g/mol. The largest absolute Gasteiger partial charge is 0.409 e. The molecule has 0 rings (SSSR count). The zero-order chi connectivity index (χ0) is 12.8. The molecule has 0 aromatic heterocycles. The van der Waals surface area contributed by atoms with Gasteiger partial charge in [-0.3, -0.25) is 0 Å². The normalized spacial score (nSPS) is 14.2. The molecule has 0 aliphatic carbocycles. The molecule has 96 valence electrons. The van der Waals surface area contributed by atoms with Gasteiger partial charge >= 0.3 is 0 Å². The third kappa shape index (κ3) is 6.67. The number of amidine groups is 1. The molecule has 0 amide bonds. The number of oxime groups is 1. The van der Waals surface area contributed by atoms with Crippen LogP contribution in [0.5, 0.6) is 0 Å². The second-order valence-electron chi connectivity index (χ2n) is 6.21. The first-order chi connectivity index (χ1) is 7.19. The summed E-state index contributed by atoms with van der Waals surface area (Å²) in [6, 6.07) is 0. The van der Waals surface area contributed by atoms with Gasteiger partial charge in [0.05, 0.1) is 0 Å². The van der Waals surface area contributed by atoms with Gasteiger partial charge < -0.3 is 16.3 Å². The molecule has 4 heteroatoms. The maximum Gasteiger partial charge on any atom is 0.144 e. The molecule has 0 fully saturated rings. The molecule has 0 saturated heterocycles. The molecular weight excluding hydrogens is 202 g/mol. The molecule has 0 spiro atoms. The summed E-state index contributed by atoms with van der Waals surface area (Å²) in [6.07, 6.45) is 1.94. The minimum Gasteiger partial charge on any atom is -0.409 e. The molecule has 0 aromatic rings. The van der Waals surface area contributed by atoms with Crippen molar-refractivity contribution in [3.63, 3.8) is 0 Å². The van der Waals surface area contributed by atoms with E-state index in [1.54, 1.807) is 0 Å². The van der Waals surface area contributed by atoms with Gasteiger partial charge in [-0.1, -0.05) is 39.8 Å². The van der Waals surface area contributed by atoms with Crippen molar-refractivity contribution in [1.29, 1.82) is 0 Å². The van der Waals surface area contributed by atoms with Crippen molar-refractivity contribution in [2.45, 2.75) is 47.5 Å². The lowest BCUT2D eigenvalue weighted by atomic mass is 9.86. The minimum atomic E-state index is -0.224. The molecule has 0 unspecified atom stereocenters. The first-order valence-electron chi connectivity index (χ1n) is 5.88. The van der Waals surface area contributed by atoms with Crippen molar-refractivity contribution in [2.75, 3.05) is 13.1 Å². The van der Waals surface area contributed by atoms with Crippen LogP contribution in [0.4, 0.5) is 0 Å². The van der Waals surface area contributed by atoms with Crippen LogP contribution in [0.1, 0.15) is 47.5 Å². The van der Waals surface area contributed by atoms with Gasteiger partial charge in [-0.2, -0.15) is 0 Å². The van der Waals surface area contributed by atoms with Crippen molar-refractivity contribution in [3.05, 3.63) is 0 Å². The van der Waals surface area contributed by atoms with Crippen LogP contribution in [0.25, 0.3) is 0 Å². The monoisotopic (exact) mass is 229 g/mol. The number of nitrogens with one attached hydrogen (secondary N) is 1. The Morgan fingerprint density at radius 2 is 1.81 bits per heavy atom. The van der Waals surface area contributed by atoms with Crippen LogP contribution < -0.4 is 11.1 Å². The molecular formula is C12H27N3O. The smallest absolute Gasteiger partial charge is 0.144 e. The van der Waals surface area contributed by atoms with Gasteiger partial charge in [0.15, 0.2) is 0 Å². The summed E-state index contributed by atoms with van der Waals surface area (Å²) in [4.78, 5) is 0. The molecule has 0 atom stereocenters. The van der Waals surface area contributed by atoms with Gasteiger partial charge in [-0.15, -0.1) is 0 Å². The highest BCUT2D eigenvalue weighted by Gasteiger charge is 2.22. The molecule has 0 radical (unpaired) electrons. The number of hydrogen-bond acceptors (Lipinski definition) is 3. The van der Waals surface area contributed by atoms with Crippen LogP contribution in [0.15, 0.2) is 5.16 Å². The Morgan fingerprint density at radius 1 is 1.25 bits per heavy atom. The first kappa shape index (κ1) is 15.2. The molecule has 4 N–H and O–H groups in total. The van der Waals surface area contributed by atoms with E-state index in [1.807, 2.05) is 13.8 Å². The van der Waals surface area contributed by atoms with E-state index in [1.165, 1.54) is 0 Å². The van der Waals surface area contributed by atoms with E-state index >= 15 is 0 Å². The summed E-state index contributed by atoms with van der Waals surface area (Å²) < 4.78 is 0. The number of nitrogens with zero attached hydrogens (tertiary/aromatic N) is 1. The Bertz CT molecular complexity index is 229. The van der Waals surface area contributed by atoms with Crippen molar-refractivity contribution in [1.82, 2.24) is 5.32 Å². The van der Waals surface area contributed by atoms with E-state index in [-0.39, 0.29) is 5.41 Å². The Balaban J connectivity index is 3.75. The Morgan fingerprint density at radius 3 is 2.25 bits per heavy atom. The lowest BCUT2D eigenvalue weighted by molar-refractivity contribution is 0.303. The zero-order valence-corrected chi connectivity index (χ0v) is 11.3. The quantitative estimate of drug-likeness (QED) is 0.215. The summed E-state index contributed by atoms with van der Waals surface area (Å²) in [6.45, 7) is 12.6. The molecule has 0 saturated carbocycles. The van der Waals surface area contributed by atoms with E-state index in [4.69, 9.17) is 10.9 Å². The van der Waals surface area contributed by atoms with Crippen LogP contribution in [-0.2, 0) is 0 Å².